The Morgan fingerprint density at radius 2 is 2.14 bits per heavy atom. The summed E-state index contributed by atoms with van der Waals surface area (Å²) in [4.78, 5) is 8.56. The highest BCUT2D eigenvalue weighted by atomic mass is 79.9. The summed E-state index contributed by atoms with van der Waals surface area (Å²) < 4.78 is 7.00. The Morgan fingerprint density at radius 3 is 2.81 bits per heavy atom. The standard InChI is InChI=1S/C16H26BrN3O/c1-5-6-18-14-13(17)15(20-10-19-14)21-12-7-11(2)8-16(3,4)9-12/h10-12H,5-9H2,1-4H3,(H,18,19,20). The van der Waals surface area contributed by atoms with E-state index in [9.17, 15) is 0 Å². The first-order chi connectivity index (χ1) is 9.91. The quantitative estimate of drug-likeness (QED) is 0.834. The lowest BCUT2D eigenvalue weighted by atomic mass is 9.71. The number of ether oxygens (including phenoxy) is 1. The van der Waals surface area contributed by atoms with Gasteiger partial charge in [0.05, 0.1) is 0 Å². The molecule has 0 aromatic carbocycles. The van der Waals surface area contributed by atoms with E-state index >= 15 is 0 Å². The van der Waals surface area contributed by atoms with Gasteiger partial charge < -0.3 is 10.1 Å². The van der Waals surface area contributed by atoms with Gasteiger partial charge in [-0.05, 0) is 52.9 Å². The van der Waals surface area contributed by atoms with Crippen LogP contribution in [-0.2, 0) is 0 Å². The fourth-order valence-corrected chi connectivity index (χ4v) is 3.75. The van der Waals surface area contributed by atoms with E-state index in [0.717, 1.165) is 36.1 Å². The molecule has 0 bridgehead atoms. The highest BCUT2D eigenvalue weighted by Gasteiger charge is 2.33. The predicted octanol–water partition coefficient (Wildman–Crippen LogP) is 4.65. The van der Waals surface area contributed by atoms with Gasteiger partial charge in [-0.25, -0.2) is 9.97 Å². The van der Waals surface area contributed by atoms with E-state index in [-0.39, 0.29) is 6.10 Å². The van der Waals surface area contributed by atoms with E-state index in [0.29, 0.717) is 17.2 Å². The van der Waals surface area contributed by atoms with E-state index < -0.39 is 0 Å². The summed E-state index contributed by atoms with van der Waals surface area (Å²) in [7, 11) is 0. The summed E-state index contributed by atoms with van der Waals surface area (Å²) in [6.07, 6.45) is 6.29. The summed E-state index contributed by atoms with van der Waals surface area (Å²) in [5.41, 5.74) is 0.338. The van der Waals surface area contributed by atoms with E-state index in [2.05, 4.69) is 58.9 Å². The Bertz CT molecular complexity index is 479. The minimum atomic E-state index is 0.231. The van der Waals surface area contributed by atoms with Crippen LogP contribution in [0, 0.1) is 11.3 Å². The summed E-state index contributed by atoms with van der Waals surface area (Å²) in [5, 5.41) is 3.29. The molecule has 4 nitrogen and oxygen atoms in total. The summed E-state index contributed by atoms with van der Waals surface area (Å²) in [6.45, 7) is 9.97. The van der Waals surface area contributed by atoms with E-state index in [4.69, 9.17) is 4.74 Å². The van der Waals surface area contributed by atoms with Gasteiger partial charge >= 0.3 is 0 Å². The molecule has 2 rings (SSSR count). The number of halogens is 1. The highest BCUT2D eigenvalue weighted by molar-refractivity contribution is 9.10. The number of rotatable bonds is 5. The van der Waals surface area contributed by atoms with Gasteiger partial charge in [-0.2, -0.15) is 0 Å². The maximum Gasteiger partial charge on any atom is 0.233 e. The molecule has 118 valence electrons. The fourth-order valence-electron chi connectivity index (χ4n) is 3.31. The predicted molar refractivity (Wildman–Crippen MR) is 89.7 cm³/mol. The molecular formula is C16H26BrN3O. The zero-order valence-corrected chi connectivity index (χ0v) is 15.0. The van der Waals surface area contributed by atoms with Crippen LogP contribution < -0.4 is 10.1 Å². The molecule has 5 heteroatoms. The van der Waals surface area contributed by atoms with Gasteiger partial charge in [0.25, 0.3) is 0 Å². The second kappa shape index (κ2) is 6.95. The third-order valence-corrected chi connectivity index (χ3v) is 4.64. The van der Waals surface area contributed by atoms with Crippen LogP contribution in [-0.4, -0.2) is 22.6 Å². The number of hydrogen-bond acceptors (Lipinski definition) is 4. The third kappa shape index (κ3) is 4.56. The van der Waals surface area contributed by atoms with Crippen LogP contribution >= 0.6 is 15.9 Å². The minimum Gasteiger partial charge on any atom is -0.473 e. The highest BCUT2D eigenvalue weighted by Crippen LogP contribution is 2.40. The smallest absolute Gasteiger partial charge is 0.233 e. The molecule has 1 aromatic heterocycles. The molecule has 21 heavy (non-hydrogen) atoms. The normalized spacial score (nSPS) is 24.6. The third-order valence-electron chi connectivity index (χ3n) is 3.92. The first-order valence-corrected chi connectivity index (χ1v) is 8.61. The maximum atomic E-state index is 6.17. The van der Waals surface area contributed by atoms with Crippen molar-refractivity contribution in [1.29, 1.82) is 0 Å². The van der Waals surface area contributed by atoms with Crippen molar-refractivity contribution in [2.75, 3.05) is 11.9 Å². The average molecular weight is 356 g/mol. The first kappa shape index (κ1) is 16.5. The van der Waals surface area contributed by atoms with E-state index in [1.165, 1.54) is 6.42 Å². The summed E-state index contributed by atoms with van der Waals surface area (Å²) >= 11 is 3.57. The van der Waals surface area contributed by atoms with Crippen LogP contribution in [0.4, 0.5) is 5.82 Å². The Hall–Kier alpha value is -0.840. The molecule has 1 heterocycles. The van der Waals surface area contributed by atoms with Crippen LogP contribution in [0.5, 0.6) is 5.88 Å². The molecule has 0 spiro atoms. The van der Waals surface area contributed by atoms with Crippen molar-refractivity contribution in [1.82, 2.24) is 9.97 Å². The largest absolute Gasteiger partial charge is 0.473 e. The van der Waals surface area contributed by atoms with Crippen molar-refractivity contribution < 1.29 is 4.74 Å². The van der Waals surface area contributed by atoms with Gasteiger partial charge in [-0.15, -0.1) is 0 Å². The van der Waals surface area contributed by atoms with Crippen molar-refractivity contribution in [2.45, 2.75) is 59.5 Å². The van der Waals surface area contributed by atoms with Crippen molar-refractivity contribution in [3.05, 3.63) is 10.8 Å². The molecule has 1 saturated carbocycles. The number of aromatic nitrogens is 2. The second-order valence-corrected chi connectivity index (χ2v) is 7.71. The Labute approximate surface area is 136 Å². The van der Waals surface area contributed by atoms with Gasteiger partial charge in [-0.3, -0.25) is 0 Å². The van der Waals surface area contributed by atoms with Gasteiger partial charge in [-0.1, -0.05) is 27.7 Å². The lowest BCUT2D eigenvalue weighted by Crippen LogP contribution is -2.34. The van der Waals surface area contributed by atoms with Crippen LogP contribution in [0.1, 0.15) is 53.4 Å². The van der Waals surface area contributed by atoms with Crippen molar-refractivity contribution >= 4 is 21.7 Å². The second-order valence-electron chi connectivity index (χ2n) is 6.92. The molecule has 1 aliphatic rings. The summed E-state index contributed by atoms with van der Waals surface area (Å²) in [6, 6.07) is 0. The van der Waals surface area contributed by atoms with Crippen LogP contribution in [0.3, 0.4) is 0 Å². The molecule has 0 aliphatic heterocycles. The SMILES string of the molecule is CCCNc1ncnc(OC2CC(C)CC(C)(C)C2)c1Br. The molecule has 2 unspecified atom stereocenters. The number of anilines is 1. The van der Waals surface area contributed by atoms with Gasteiger partial charge in [0, 0.05) is 6.54 Å². The van der Waals surface area contributed by atoms with E-state index in [1.54, 1.807) is 6.33 Å². The Morgan fingerprint density at radius 1 is 1.38 bits per heavy atom. The van der Waals surface area contributed by atoms with Gasteiger partial charge in [0.15, 0.2) is 0 Å². The monoisotopic (exact) mass is 355 g/mol. The maximum absolute atomic E-state index is 6.17. The summed E-state index contributed by atoms with van der Waals surface area (Å²) in [5.74, 6) is 2.15. The molecule has 1 fully saturated rings. The number of hydrogen-bond donors (Lipinski definition) is 1. The van der Waals surface area contributed by atoms with Crippen molar-refractivity contribution in [3.63, 3.8) is 0 Å². The zero-order chi connectivity index (χ0) is 15.5. The van der Waals surface area contributed by atoms with Crippen LogP contribution in [0.25, 0.3) is 0 Å². The first-order valence-electron chi connectivity index (χ1n) is 7.82. The number of nitrogens with zero attached hydrogens (tertiary/aromatic N) is 2. The van der Waals surface area contributed by atoms with E-state index in [1.807, 2.05) is 0 Å². The number of nitrogens with one attached hydrogen (secondary N) is 1. The zero-order valence-electron chi connectivity index (χ0n) is 13.4. The van der Waals surface area contributed by atoms with Crippen LogP contribution in [0.15, 0.2) is 10.8 Å². The lowest BCUT2D eigenvalue weighted by molar-refractivity contribution is 0.0527. The average Bonchev–Trinajstić information content (AvgIpc) is 2.37. The fraction of sp³-hybridized carbons (Fsp3) is 0.750. The van der Waals surface area contributed by atoms with Crippen molar-refractivity contribution in [3.8, 4) is 5.88 Å². The molecule has 2 atom stereocenters. The Kier molecular flexibility index (Phi) is 5.47. The molecule has 0 amide bonds. The molecule has 1 N–H and O–H groups in total. The molecule has 1 aliphatic carbocycles. The molecule has 0 radical (unpaired) electrons. The minimum absolute atomic E-state index is 0.231. The Balaban J connectivity index is 2.08. The van der Waals surface area contributed by atoms with Gasteiger partial charge in [0.1, 0.15) is 22.7 Å². The lowest BCUT2D eigenvalue weighted by Gasteiger charge is -2.38. The molecular weight excluding hydrogens is 330 g/mol. The molecule has 0 saturated heterocycles. The van der Waals surface area contributed by atoms with Crippen LogP contribution in [0.2, 0.25) is 0 Å². The molecule has 1 aromatic rings. The van der Waals surface area contributed by atoms with Gasteiger partial charge in [0.2, 0.25) is 5.88 Å². The topological polar surface area (TPSA) is 47.0 Å². The van der Waals surface area contributed by atoms with Crippen molar-refractivity contribution in [2.24, 2.45) is 11.3 Å².